The van der Waals surface area contributed by atoms with E-state index in [4.69, 9.17) is 18.9 Å². The van der Waals surface area contributed by atoms with Crippen molar-refractivity contribution in [1.82, 2.24) is 0 Å². The molecule has 2 heterocycles. The summed E-state index contributed by atoms with van der Waals surface area (Å²) >= 11 is 0. The van der Waals surface area contributed by atoms with E-state index >= 15 is 0 Å². The van der Waals surface area contributed by atoms with E-state index in [1.54, 1.807) is 0 Å². The molecule has 6 nitrogen and oxygen atoms in total. The Hall–Kier alpha value is -0.240. The summed E-state index contributed by atoms with van der Waals surface area (Å²) in [5, 5.41) is 21.5. The quantitative estimate of drug-likeness (QED) is 0.690. The summed E-state index contributed by atoms with van der Waals surface area (Å²) in [5.74, 6) is -1.22. The first-order valence-electron chi connectivity index (χ1n) is 8.69. The highest BCUT2D eigenvalue weighted by Gasteiger charge is 2.65. The average molecular weight is 312 g/mol. The molecular formula is C16H24O6. The van der Waals surface area contributed by atoms with Gasteiger partial charge in [-0.25, -0.2) is 0 Å². The van der Waals surface area contributed by atoms with Gasteiger partial charge in [-0.15, -0.1) is 0 Å². The second kappa shape index (κ2) is 4.65. The van der Waals surface area contributed by atoms with E-state index in [9.17, 15) is 10.2 Å². The maximum Gasteiger partial charge on any atom is 0.169 e. The zero-order valence-corrected chi connectivity index (χ0v) is 12.6. The molecule has 2 spiro atoms. The summed E-state index contributed by atoms with van der Waals surface area (Å²) in [6, 6.07) is 0. The SMILES string of the molecule is O[C@@H]1[C@H]2OC3(CCCC3)O[C@H]2[C@@H](O)[C@@H]2OC3(CCCC3)O[C@@H]12. The third-order valence-corrected chi connectivity index (χ3v) is 6.13. The number of aliphatic hydroxyl groups excluding tert-OH is 2. The van der Waals surface area contributed by atoms with Gasteiger partial charge in [-0.05, 0) is 25.7 Å². The Morgan fingerprint density at radius 3 is 1.09 bits per heavy atom. The second-order valence-electron chi connectivity index (χ2n) is 7.55. The third-order valence-electron chi connectivity index (χ3n) is 6.13. The van der Waals surface area contributed by atoms with E-state index in [0.29, 0.717) is 0 Å². The van der Waals surface area contributed by atoms with E-state index in [-0.39, 0.29) is 0 Å². The first kappa shape index (κ1) is 14.1. The van der Waals surface area contributed by atoms with Gasteiger partial charge in [0.2, 0.25) is 0 Å². The van der Waals surface area contributed by atoms with Gasteiger partial charge in [-0.3, -0.25) is 0 Å². The van der Waals surface area contributed by atoms with Crippen LogP contribution in [0.4, 0.5) is 0 Å². The molecule has 3 aliphatic carbocycles. The summed E-state index contributed by atoms with van der Waals surface area (Å²) in [7, 11) is 0. The molecule has 3 saturated carbocycles. The molecule has 0 aromatic heterocycles. The molecule has 22 heavy (non-hydrogen) atoms. The Morgan fingerprint density at radius 2 is 0.818 bits per heavy atom. The van der Waals surface area contributed by atoms with Gasteiger partial charge in [-0.1, -0.05) is 0 Å². The number of hydrogen-bond acceptors (Lipinski definition) is 6. The lowest BCUT2D eigenvalue weighted by molar-refractivity contribution is -0.202. The number of rotatable bonds is 0. The first-order chi connectivity index (χ1) is 10.6. The monoisotopic (exact) mass is 312 g/mol. The normalized spacial score (nSPS) is 51.5. The number of fused-ring (bicyclic) bond motifs is 2. The predicted molar refractivity (Wildman–Crippen MR) is 73.9 cm³/mol. The Kier molecular flexibility index (Phi) is 2.99. The van der Waals surface area contributed by atoms with Crippen LogP contribution in [0.2, 0.25) is 0 Å². The molecule has 0 amide bonds. The fourth-order valence-electron chi connectivity index (χ4n) is 5.04. The smallest absolute Gasteiger partial charge is 0.169 e. The Morgan fingerprint density at radius 1 is 0.545 bits per heavy atom. The molecule has 2 saturated heterocycles. The Bertz CT molecular complexity index is 386. The van der Waals surface area contributed by atoms with Crippen molar-refractivity contribution in [3.63, 3.8) is 0 Å². The third kappa shape index (κ3) is 1.82. The molecule has 6 heteroatoms. The van der Waals surface area contributed by atoms with Crippen molar-refractivity contribution in [1.29, 1.82) is 0 Å². The highest BCUT2D eigenvalue weighted by atomic mass is 16.8. The van der Waals surface area contributed by atoms with Gasteiger partial charge in [-0.2, -0.15) is 0 Å². The van der Waals surface area contributed by atoms with Crippen LogP contribution in [0.5, 0.6) is 0 Å². The maximum absolute atomic E-state index is 10.7. The molecule has 5 fully saturated rings. The summed E-state index contributed by atoms with van der Waals surface area (Å²) in [6.07, 6.45) is 3.90. The Balaban J connectivity index is 1.42. The Labute approximate surface area is 129 Å². The van der Waals surface area contributed by atoms with Crippen molar-refractivity contribution < 1.29 is 29.2 Å². The van der Waals surface area contributed by atoms with Crippen LogP contribution in [0, 0.1) is 0 Å². The minimum Gasteiger partial charge on any atom is -0.387 e. The fraction of sp³-hybridized carbons (Fsp3) is 1.00. The van der Waals surface area contributed by atoms with Crippen molar-refractivity contribution in [3.8, 4) is 0 Å². The predicted octanol–water partition coefficient (Wildman–Crippen LogP) is 0.830. The summed E-state index contributed by atoms with van der Waals surface area (Å²) in [6.45, 7) is 0. The minimum absolute atomic E-state index is 0.519. The molecular weight excluding hydrogens is 288 g/mol. The molecule has 5 rings (SSSR count). The highest BCUT2D eigenvalue weighted by Crippen LogP contribution is 2.51. The van der Waals surface area contributed by atoms with E-state index in [1.807, 2.05) is 0 Å². The van der Waals surface area contributed by atoms with Crippen molar-refractivity contribution >= 4 is 0 Å². The molecule has 5 aliphatic rings. The second-order valence-corrected chi connectivity index (χ2v) is 7.55. The van der Waals surface area contributed by atoms with Crippen molar-refractivity contribution in [3.05, 3.63) is 0 Å². The van der Waals surface area contributed by atoms with Crippen LogP contribution in [0.15, 0.2) is 0 Å². The number of hydrogen-bond donors (Lipinski definition) is 2. The van der Waals surface area contributed by atoms with Gasteiger partial charge < -0.3 is 29.2 Å². The molecule has 124 valence electrons. The van der Waals surface area contributed by atoms with Crippen LogP contribution in [0.25, 0.3) is 0 Å². The van der Waals surface area contributed by atoms with Gasteiger partial charge in [0.1, 0.15) is 36.6 Å². The van der Waals surface area contributed by atoms with Gasteiger partial charge in [0.25, 0.3) is 0 Å². The summed E-state index contributed by atoms with van der Waals surface area (Å²) < 4.78 is 24.4. The van der Waals surface area contributed by atoms with Crippen LogP contribution in [0.3, 0.4) is 0 Å². The minimum atomic E-state index is -0.807. The van der Waals surface area contributed by atoms with Crippen LogP contribution < -0.4 is 0 Å². The highest BCUT2D eigenvalue weighted by molar-refractivity contribution is 5.09. The fourth-order valence-corrected chi connectivity index (χ4v) is 5.04. The lowest BCUT2D eigenvalue weighted by Crippen LogP contribution is -2.61. The topological polar surface area (TPSA) is 77.4 Å². The number of ether oxygens (including phenoxy) is 4. The molecule has 2 aliphatic heterocycles. The maximum atomic E-state index is 10.7. The molecule has 0 aromatic carbocycles. The average Bonchev–Trinajstić information content (AvgIpc) is 3.27. The molecule has 0 unspecified atom stereocenters. The van der Waals surface area contributed by atoms with Crippen molar-refractivity contribution in [2.75, 3.05) is 0 Å². The van der Waals surface area contributed by atoms with E-state index in [1.165, 1.54) is 0 Å². The first-order valence-corrected chi connectivity index (χ1v) is 8.69. The van der Waals surface area contributed by atoms with E-state index in [0.717, 1.165) is 51.4 Å². The van der Waals surface area contributed by atoms with E-state index < -0.39 is 48.2 Å². The molecule has 0 radical (unpaired) electrons. The lowest BCUT2D eigenvalue weighted by atomic mass is 9.85. The zero-order valence-electron chi connectivity index (χ0n) is 12.6. The van der Waals surface area contributed by atoms with Crippen LogP contribution in [0.1, 0.15) is 51.4 Å². The molecule has 0 bridgehead atoms. The van der Waals surface area contributed by atoms with Gasteiger partial charge in [0.15, 0.2) is 11.6 Å². The van der Waals surface area contributed by atoms with Crippen LogP contribution >= 0.6 is 0 Å². The van der Waals surface area contributed by atoms with E-state index in [2.05, 4.69) is 0 Å². The largest absolute Gasteiger partial charge is 0.387 e. The summed E-state index contributed by atoms with van der Waals surface area (Å²) in [5.41, 5.74) is 0. The lowest BCUT2D eigenvalue weighted by Gasteiger charge is -2.38. The standard InChI is InChI=1S/C16H24O6/c17-9-11-12(20-15(19-11)5-1-2-6-15)10(18)14-13(9)21-16(22-14)7-3-4-8-16/h9-14,17-18H,1-8H2/t9-,10-,11-,12-,13-,14+/m0/s1. The van der Waals surface area contributed by atoms with Gasteiger partial charge >= 0.3 is 0 Å². The van der Waals surface area contributed by atoms with Crippen LogP contribution in [-0.4, -0.2) is 58.4 Å². The number of aliphatic hydroxyl groups is 2. The molecule has 6 atom stereocenters. The summed E-state index contributed by atoms with van der Waals surface area (Å²) in [4.78, 5) is 0. The molecule has 2 N–H and O–H groups in total. The van der Waals surface area contributed by atoms with Crippen molar-refractivity contribution in [2.45, 2.75) is 99.6 Å². The van der Waals surface area contributed by atoms with Crippen molar-refractivity contribution in [2.24, 2.45) is 0 Å². The van der Waals surface area contributed by atoms with Gasteiger partial charge in [0.05, 0.1) is 0 Å². The van der Waals surface area contributed by atoms with Crippen LogP contribution in [-0.2, 0) is 18.9 Å². The van der Waals surface area contributed by atoms with Gasteiger partial charge in [0, 0.05) is 25.7 Å². The molecule has 0 aromatic rings. The zero-order chi connectivity index (χ0) is 14.9.